The minimum Gasteiger partial charge on any atom is -0.313 e. The van der Waals surface area contributed by atoms with E-state index in [1.165, 1.54) is 5.56 Å². The molecule has 76 valence electrons. The number of hydrogen-bond acceptors (Lipinski definition) is 2. The Morgan fingerprint density at radius 3 is 2.79 bits per heavy atom. The fraction of sp³-hybridized carbons (Fsp3) is 0.417. The van der Waals surface area contributed by atoms with Crippen molar-refractivity contribution >= 4 is 5.57 Å². The summed E-state index contributed by atoms with van der Waals surface area (Å²) in [6, 6.07) is 4.12. The summed E-state index contributed by atoms with van der Waals surface area (Å²) in [6.45, 7) is 9.94. The topological polar surface area (TPSA) is 24.9 Å². The highest BCUT2D eigenvalue weighted by molar-refractivity contribution is 5.57. The lowest BCUT2D eigenvalue weighted by Gasteiger charge is -2.04. The van der Waals surface area contributed by atoms with Crippen LogP contribution in [0.5, 0.6) is 0 Å². The summed E-state index contributed by atoms with van der Waals surface area (Å²) in [5.41, 5.74) is 3.21. The lowest BCUT2D eigenvalue weighted by Crippen LogP contribution is -2.13. The molecule has 14 heavy (non-hydrogen) atoms. The van der Waals surface area contributed by atoms with Crippen molar-refractivity contribution in [2.75, 3.05) is 6.54 Å². The van der Waals surface area contributed by atoms with Crippen molar-refractivity contribution in [3.8, 4) is 0 Å². The number of hydrogen-bond donors (Lipinski definition) is 1. The SMILES string of the molecule is C=C(C)c1ccc(CNCCC)cn1. The van der Waals surface area contributed by atoms with E-state index in [1.807, 2.05) is 19.2 Å². The summed E-state index contributed by atoms with van der Waals surface area (Å²) in [5.74, 6) is 0. The van der Waals surface area contributed by atoms with Crippen molar-refractivity contribution in [1.29, 1.82) is 0 Å². The largest absolute Gasteiger partial charge is 0.313 e. The van der Waals surface area contributed by atoms with Crippen molar-refractivity contribution < 1.29 is 0 Å². The average molecular weight is 190 g/mol. The van der Waals surface area contributed by atoms with Crippen LogP contribution >= 0.6 is 0 Å². The minimum absolute atomic E-state index is 0.900. The van der Waals surface area contributed by atoms with Gasteiger partial charge in [-0.05, 0) is 37.1 Å². The van der Waals surface area contributed by atoms with E-state index < -0.39 is 0 Å². The summed E-state index contributed by atoms with van der Waals surface area (Å²) in [4.78, 5) is 4.32. The van der Waals surface area contributed by atoms with E-state index in [0.29, 0.717) is 0 Å². The second kappa shape index (κ2) is 5.55. The first kappa shape index (κ1) is 10.9. The van der Waals surface area contributed by atoms with Gasteiger partial charge in [-0.2, -0.15) is 0 Å². The molecule has 0 atom stereocenters. The van der Waals surface area contributed by atoms with Gasteiger partial charge in [0.2, 0.25) is 0 Å². The Labute approximate surface area is 86.1 Å². The summed E-state index contributed by atoms with van der Waals surface area (Å²) in [6.07, 6.45) is 3.07. The molecule has 1 N–H and O–H groups in total. The Balaban J connectivity index is 2.51. The zero-order valence-electron chi connectivity index (χ0n) is 9.01. The second-order valence-corrected chi connectivity index (χ2v) is 3.51. The smallest absolute Gasteiger partial charge is 0.0653 e. The van der Waals surface area contributed by atoms with Gasteiger partial charge in [0.25, 0.3) is 0 Å². The van der Waals surface area contributed by atoms with Gasteiger partial charge in [-0.1, -0.05) is 19.6 Å². The molecule has 0 aliphatic carbocycles. The quantitative estimate of drug-likeness (QED) is 0.722. The fourth-order valence-electron chi connectivity index (χ4n) is 1.19. The second-order valence-electron chi connectivity index (χ2n) is 3.51. The molecule has 0 unspecified atom stereocenters. The molecule has 0 amide bonds. The number of aromatic nitrogens is 1. The Morgan fingerprint density at radius 1 is 1.50 bits per heavy atom. The molecule has 1 aromatic heterocycles. The molecule has 0 fully saturated rings. The number of nitrogens with one attached hydrogen (secondary N) is 1. The number of nitrogens with zero attached hydrogens (tertiary/aromatic N) is 1. The molecular formula is C12H18N2. The van der Waals surface area contributed by atoms with Gasteiger partial charge < -0.3 is 5.32 Å². The van der Waals surface area contributed by atoms with Crippen LogP contribution in [0.3, 0.4) is 0 Å². The first-order valence-corrected chi connectivity index (χ1v) is 5.05. The maximum Gasteiger partial charge on any atom is 0.0653 e. The number of allylic oxidation sites excluding steroid dienone is 1. The van der Waals surface area contributed by atoms with Gasteiger partial charge in [-0.15, -0.1) is 0 Å². The molecule has 0 aliphatic rings. The Hall–Kier alpha value is -1.15. The Bertz CT molecular complexity index is 288. The maximum absolute atomic E-state index is 4.32. The van der Waals surface area contributed by atoms with Crippen LogP contribution in [0.2, 0.25) is 0 Å². The molecule has 2 heteroatoms. The van der Waals surface area contributed by atoms with E-state index in [9.17, 15) is 0 Å². The van der Waals surface area contributed by atoms with E-state index in [2.05, 4.69) is 29.9 Å². The molecule has 0 bridgehead atoms. The summed E-state index contributed by atoms with van der Waals surface area (Å²) in [7, 11) is 0. The zero-order chi connectivity index (χ0) is 10.4. The van der Waals surface area contributed by atoms with Crippen molar-refractivity contribution in [2.24, 2.45) is 0 Å². The molecule has 0 saturated heterocycles. The summed E-state index contributed by atoms with van der Waals surface area (Å²) in [5, 5.41) is 3.34. The van der Waals surface area contributed by atoms with Crippen molar-refractivity contribution in [2.45, 2.75) is 26.8 Å². The molecule has 1 heterocycles. The van der Waals surface area contributed by atoms with Gasteiger partial charge in [-0.25, -0.2) is 0 Å². The highest BCUT2D eigenvalue weighted by Crippen LogP contribution is 2.08. The lowest BCUT2D eigenvalue weighted by atomic mass is 10.2. The predicted octanol–water partition coefficient (Wildman–Crippen LogP) is 2.61. The third-order valence-electron chi connectivity index (χ3n) is 2.02. The minimum atomic E-state index is 0.900. The predicted molar refractivity (Wildman–Crippen MR) is 60.9 cm³/mol. The van der Waals surface area contributed by atoms with Crippen molar-refractivity contribution in [1.82, 2.24) is 10.3 Å². The van der Waals surface area contributed by atoms with E-state index in [-0.39, 0.29) is 0 Å². The highest BCUT2D eigenvalue weighted by atomic mass is 14.8. The average Bonchev–Trinajstić information content (AvgIpc) is 2.19. The molecule has 0 aliphatic heterocycles. The van der Waals surface area contributed by atoms with E-state index in [1.54, 1.807) is 0 Å². The van der Waals surface area contributed by atoms with Crippen LogP contribution in [0.1, 0.15) is 31.5 Å². The lowest BCUT2D eigenvalue weighted by molar-refractivity contribution is 0.674. The van der Waals surface area contributed by atoms with Crippen LogP contribution in [-0.2, 0) is 6.54 Å². The molecule has 0 saturated carbocycles. The Morgan fingerprint density at radius 2 is 2.29 bits per heavy atom. The first-order valence-electron chi connectivity index (χ1n) is 5.05. The summed E-state index contributed by atoms with van der Waals surface area (Å²) < 4.78 is 0. The van der Waals surface area contributed by atoms with Gasteiger partial charge in [0, 0.05) is 12.7 Å². The molecular weight excluding hydrogens is 172 g/mol. The third kappa shape index (κ3) is 3.30. The van der Waals surface area contributed by atoms with Gasteiger partial charge in [0.15, 0.2) is 0 Å². The fourth-order valence-corrected chi connectivity index (χ4v) is 1.19. The molecule has 2 nitrogen and oxygen atoms in total. The van der Waals surface area contributed by atoms with Crippen LogP contribution < -0.4 is 5.32 Å². The van der Waals surface area contributed by atoms with Crippen LogP contribution in [0.4, 0.5) is 0 Å². The molecule has 1 rings (SSSR count). The number of rotatable bonds is 5. The first-order chi connectivity index (χ1) is 6.74. The molecule has 1 aromatic rings. The van der Waals surface area contributed by atoms with Gasteiger partial charge >= 0.3 is 0 Å². The molecule has 0 spiro atoms. The normalized spacial score (nSPS) is 10.1. The zero-order valence-corrected chi connectivity index (χ0v) is 9.01. The monoisotopic (exact) mass is 190 g/mol. The number of pyridine rings is 1. The van der Waals surface area contributed by atoms with Crippen molar-refractivity contribution in [3.63, 3.8) is 0 Å². The van der Waals surface area contributed by atoms with Crippen LogP contribution in [0, 0.1) is 0 Å². The van der Waals surface area contributed by atoms with Crippen LogP contribution in [-0.4, -0.2) is 11.5 Å². The van der Waals surface area contributed by atoms with E-state index in [4.69, 9.17) is 0 Å². The van der Waals surface area contributed by atoms with E-state index >= 15 is 0 Å². The van der Waals surface area contributed by atoms with Gasteiger partial charge in [0.05, 0.1) is 5.69 Å². The highest BCUT2D eigenvalue weighted by Gasteiger charge is 1.95. The van der Waals surface area contributed by atoms with Gasteiger partial charge in [0.1, 0.15) is 0 Å². The van der Waals surface area contributed by atoms with Crippen LogP contribution in [0.25, 0.3) is 5.57 Å². The maximum atomic E-state index is 4.32. The molecule has 0 radical (unpaired) electrons. The summed E-state index contributed by atoms with van der Waals surface area (Å²) >= 11 is 0. The standard InChI is InChI=1S/C12H18N2/c1-4-7-13-8-11-5-6-12(10(2)3)14-9-11/h5-6,9,13H,2,4,7-8H2,1,3H3. The third-order valence-corrected chi connectivity index (χ3v) is 2.02. The Kier molecular flexibility index (Phi) is 4.33. The van der Waals surface area contributed by atoms with Gasteiger partial charge in [-0.3, -0.25) is 4.98 Å². The van der Waals surface area contributed by atoms with Crippen LogP contribution in [0.15, 0.2) is 24.9 Å². The van der Waals surface area contributed by atoms with E-state index in [0.717, 1.165) is 30.8 Å². The molecule has 0 aromatic carbocycles. The van der Waals surface area contributed by atoms with Crippen molar-refractivity contribution in [3.05, 3.63) is 36.2 Å².